The predicted molar refractivity (Wildman–Crippen MR) is 107 cm³/mol. The molecule has 8 heteroatoms. The zero-order chi connectivity index (χ0) is 18.2. The largest absolute Gasteiger partial charge is 0.363 e. The first-order valence-electron chi connectivity index (χ1n) is 8.26. The number of hydrogen-bond acceptors (Lipinski definition) is 6. The number of hydrogen-bond donors (Lipinski definition) is 2. The van der Waals surface area contributed by atoms with Gasteiger partial charge in [0.25, 0.3) is 0 Å². The fraction of sp³-hybridized carbons (Fsp3) is 0.471. The zero-order valence-electron chi connectivity index (χ0n) is 15.6. The van der Waals surface area contributed by atoms with Gasteiger partial charge in [-0.25, -0.2) is 15.0 Å². The Morgan fingerprint density at radius 1 is 1.08 bits per heavy atom. The number of aromatic nitrogens is 2. The van der Waals surface area contributed by atoms with E-state index in [4.69, 9.17) is 0 Å². The van der Waals surface area contributed by atoms with E-state index in [2.05, 4.69) is 32.5 Å². The molecule has 2 heterocycles. The highest BCUT2D eigenvalue weighted by atomic mass is 32.1. The molecule has 0 fully saturated rings. The maximum Gasteiger partial charge on any atom is 0.191 e. The molecule has 0 atom stereocenters. The van der Waals surface area contributed by atoms with Gasteiger partial charge >= 0.3 is 0 Å². The van der Waals surface area contributed by atoms with Crippen LogP contribution >= 0.6 is 11.3 Å². The van der Waals surface area contributed by atoms with Crippen LogP contribution in [0.15, 0.2) is 28.6 Å². The van der Waals surface area contributed by atoms with Crippen molar-refractivity contribution < 1.29 is 0 Å². The van der Waals surface area contributed by atoms with Gasteiger partial charge in [0, 0.05) is 40.1 Å². The molecule has 0 aliphatic rings. The van der Waals surface area contributed by atoms with Gasteiger partial charge in [0.2, 0.25) is 0 Å². The van der Waals surface area contributed by atoms with Crippen LogP contribution in [0.2, 0.25) is 0 Å². The summed E-state index contributed by atoms with van der Waals surface area (Å²) in [5, 5.41) is 9.62. The predicted octanol–water partition coefficient (Wildman–Crippen LogP) is 1.93. The first kappa shape index (κ1) is 19.0. The fourth-order valence-corrected chi connectivity index (χ4v) is 2.81. The van der Waals surface area contributed by atoms with Crippen molar-refractivity contribution in [3.05, 3.63) is 35.0 Å². The average Bonchev–Trinajstić information content (AvgIpc) is 3.07. The van der Waals surface area contributed by atoms with Gasteiger partial charge in [-0.2, -0.15) is 0 Å². The van der Waals surface area contributed by atoms with Crippen LogP contribution in [0, 0.1) is 0 Å². The SMILES string of the molecule is CCNC(=NCc1csc(N(C)C)n1)NCc1cccc(N(C)C)n1. The number of aliphatic imine (C=N–C) groups is 1. The van der Waals surface area contributed by atoms with E-state index >= 15 is 0 Å². The summed E-state index contributed by atoms with van der Waals surface area (Å²) >= 11 is 1.63. The van der Waals surface area contributed by atoms with Crippen molar-refractivity contribution >= 4 is 28.2 Å². The second kappa shape index (κ2) is 9.22. The molecule has 0 amide bonds. The number of guanidine groups is 1. The molecule has 0 unspecified atom stereocenters. The van der Waals surface area contributed by atoms with E-state index < -0.39 is 0 Å². The number of pyridine rings is 1. The van der Waals surface area contributed by atoms with E-state index in [0.29, 0.717) is 13.1 Å². The van der Waals surface area contributed by atoms with Crippen LogP contribution in [0.3, 0.4) is 0 Å². The Balaban J connectivity index is 1.98. The highest BCUT2D eigenvalue weighted by Gasteiger charge is 2.05. The van der Waals surface area contributed by atoms with Crippen LogP contribution in [0.25, 0.3) is 0 Å². The molecule has 2 rings (SSSR count). The molecule has 0 aliphatic heterocycles. The van der Waals surface area contributed by atoms with Gasteiger partial charge in [-0.1, -0.05) is 6.07 Å². The standard InChI is InChI=1S/C17H27N7S/c1-6-18-16(20-11-14-12-25-17(22-14)24(4)5)19-10-13-8-7-9-15(21-13)23(2)3/h7-9,12H,6,10-11H2,1-5H3,(H2,18,19,20). The van der Waals surface area contributed by atoms with Gasteiger partial charge in [0.05, 0.1) is 24.5 Å². The monoisotopic (exact) mass is 361 g/mol. The number of thiazole rings is 1. The molecule has 25 heavy (non-hydrogen) atoms. The van der Waals surface area contributed by atoms with Crippen molar-refractivity contribution in [2.75, 3.05) is 44.5 Å². The third-order valence-corrected chi connectivity index (χ3v) is 4.41. The number of nitrogens with one attached hydrogen (secondary N) is 2. The van der Waals surface area contributed by atoms with E-state index in [-0.39, 0.29) is 0 Å². The van der Waals surface area contributed by atoms with E-state index in [1.54, 1.807) is 11.3 Å². The summed E-state index contributed by atoms with van der Waals surface area (Å²) in [7, 11) is 7.96. The second-order valence-electron chi connectivity index (χ2n) is 5.95. The summed E-state index contributed by atoms with van der Waals surface area (Å²) < 4.78 is 0. The third-order valence-electron chi connectivity index (χ3n) is 3.35. The Hall–Kier alpha value is -2.35. The lowest BCUT2D eigenvalue weighted by atomic mass is 10.3. The molecule has 0 saturated carbocycles. The van der Waals surface area contributed by atoms with Crippen molar-refractivity contribution in [1.29, 1.82) is 0 Å². The molecular formula is C17H27N7S. The van der Waals surface area contributed by atoms with Crippen LogP contribution in [-0.4, -0.2) is 50.7 Å². The van der Waals surface area contributed by atoms with Gasteiger partial charge in [0.1, 0.15) is 5.82 Å². The van der Waals surface area contributed by atoms with Crippen molar-refractivity contribution in [1.82, 2.24) is 20.6 Å². The van der Waals surface area contributed by atoms with Gasteiger partial charge in [-0.15, -0.1) is 11.3 Å². The molecule has 0 spiro atoms. The summed E-state index contributed by atoms with van der Waals surface area (Å²) in [5.41, 5.74) is 1.94. The number of rotatable bonds is 7. The Morgan fingerprint density at radius 2 is 1.88 bits per heavy atom. The molecule has 0 bridgehead atoms. The van der Waals surface area contributed by atoms with Crippen LogP contribution in [-0.2, 0) is 13.1 Å². The first-order valence-corrected chi connectivity index (χ1v) is 9.14. The van der Waals surface area contributed by atoms with Crippen LogP contribution in [0.4, 0.5) is 10.9 Å². The minimum absolute atomic E-state index is 0.546. The summed E-state index contributed by atoms with van der Waals surface area (Å²) in [4.78, 5) is 17.8. The Labute approximate surface area is 153 Å². The summed E-state index contributed by atoms with van der Waals surface area (Å²) in [6, 6.07) is 6.02. The van der Waals surface area contributed by atoms with Crippen molar-refractivity contribution in [2.45, 2.75) is 20.0 Å². The Kier molecular flexibility index (Phi) is 7.00. The fourth-order valence-electron chi connectivity index (χ4n) is 2.06. The Bertz CT molecular complexity index is 694. The van der Waals surface area contributed by atoms with E-state index in [0.717, 1.165) is 34.8 Å². The topological polar surface area (TPSA) is 68.7 Å². The highest BCUT2D eigenvalue weighted by molar-refractivity contribution is 7.13. The molecule has 2 aromatic heterocycles. The van der Waals surface area contributed by atoms with Crippen LogP contribution in [0.5, 0.6) is 0 Å². The smallest absolute Gasteiger partial charge is 0.191 e. The van der Waals surface area contributed by atoms with Gasteiger partial charge in [-0.05, 0) is 19.1 Å². The van der Waals surface area contributed by atoms with Crippen molar-refractivity contribution in [2.24, 2.45) is 4.99 Å². The van der Waals surface area contributed by atoms with Crippen LogP contribution in [0.1, 0.15) is 18.3 Å². The molecule has 0 aromatic carbocycles. The lowest BCUT2D eigenvalue weighted by Gasteiger charge is -2.14. The quantitative estimate of drug-likeness (QED) is 0.580. The maximum atomic E-state index is 4.61. The molecule has 2 aromatic rings. The molecule has 136 valence electrons. The summed E-state index contributed by atoms with van der Waals surface area (Å²) in [6.45, 7) is 4.02. The van der Waals surface area contributed by atoms with Crippen LogP contribution < -0.4 is 20.4 Å². The van der Waals surface area contributed by atoms with Crippen molar-refractivity contribution in [3.63, 3.8) is 0 Å². The summed E-state index contributed by atoms with van der Waals surface area (Å²) in [5.74, 6) is 1.71. The normalized spacial score (nSPS) is 11.3. The van der Waals surface area contributed by atoms with E-state index in [1.807, 2.05) is 61.6 Å². The molecule has 0 saturated heterocycles. The van der Waals surface area contributed by atoms with Crippen molar-refractivity contribution in [3.8, 4) is 0 Å². The van der Waals surface area contributed by atoms with Gasteiger partial charge < -0.3 is 20.4 Å². The lowest BCUT2D eigenvalue weighted by Crippen LogP contribution is -2.37. The minimum atomic E-state index is 0.546. The highest BCUT2D eigenvalue weighted by Crippen LogP contribution is 2.18. The lowest BCUT2D eigenvalue weighted by molar-refractivity contribution is 0.795. The minimum Gasteiger partial charge on any atom is -0.363 e. The van der Waals surface area contributed by atoms with Gasteiger partial charge in [-0.3, -0.25) is 0 Å². The zero-order valence-corrected chi connectivity index (χ0v) is 16.4. The molecule has 7 nitrogen and oxygen atoms in total. The maximum absolute atomic E-state index is 4.61. The second-order valence-corrected chi connectivity index (χ2v) is 6.78. The van der Waals surface area contributed by atoms with E-state index in [1.165, 1.54) is 0 Å². The Morgan fingerprint density at radius 3 is 2.52 bits per heavy atom. The summed E-state index contributed by atoms with van der Waals surface area (Å²) in [6.07, 6.45) is 0. The van der Waals surface area contributed by atoms with E-state index in [9.17, 15) is 0 Å². The average molecular weight is 362 g/mol. The van der Waals surface area contributed by atoms with Gasteiger partial charge in [0.15, 0.2) is 11.1 Å². The molecule has 2 N–H and O–H groups in total. The molecular weight excluding hydrogens is 334 g/mol. The first-order chi connectivity index (χ1) is 12.0. The molecule has 0 aliphatic carbocycles. The number of nitrogens with zero attached hydrogens (tertiary/aromatic N) is 5. The third kappa shape index (κ3) is 5.90. The molecule has 0 radical (unpaired) electrons. The number of anilines is 2.